The minimum atomic E-state index is -0.260. The van der Waals surface area contributed by atoms with Gasteiger partial charge in [-0.05, 0) is 68.2 Å². The molecule has 0 saturated carbocycles. The summed E-state index contributed by atoms with van der Waals surface area (Å²) in [6.45, 7) is 4.20. The Kier molecular flexibility index (Phi) is 8.14. The van der Waals surface area contributed by atoms with Gasteiger partial charge in [0.1, 0.15) is 5.82 Å². The summed E-state index contributed by atoms with van der Waals surface area (Å²) < 4.78 is 13.0. The molecule has 33 heavy (non-hydrogen) atoms. The number of rotatable bonds is 10. The number of carbonyl (C=O) groups is 1. The number of benzene rings is 2. The highest BCUT2D eigenvalue weighted by molar-refractivity contribution is 5.78. The van der Waals surface area contributed by atoms with E-state index in [1.54, 1.807) is 16.9 Å². The van der Waals surface area contributed by atoms with E-state index in [0.29, 0.717) is 12.4 Å². The first-order valence-corrected chi connectivity index (χ1v) is 11.7. The van der Waals surface area contributed by atoms with Crippen molar-refractivity contribution < 1.29 is 9.18 Å². The maximum atomic E-state index is 13.0. The Hall–Kier alpha value is -3.13. The van der Waals surface area contributed by atoms with Crippen LogP contribution in [0.25, 0.3) is 11.4 Å². The second kappa shape index (κ2) is 11.7. The molecule has 2 heterocycles. The molecule has 3 aromatic rings. The minimum absolute atomic E-state index is 0.0684. The zero-order valence-corrected chi connectivity index (χ0v) is 18.9. The quantitative estimate of drug-likeness (QED) is 0.477. The molecule has 1 aromatic heterocycles. The van der Waals surface area contributed by atoms with E-state index < -0.39 is 0 Å². The Morgan fingerprint density at radius 3 is 2.45 bits per heavy atom. The molecule has 1 N–H and O–H groups in total. The molecule has 0 atom stereocenters. The van der Waals surface area contributed by atoms with Crippen LogP contribution >= 0.6 is 0 Å². The van der Waals surface area contributed by atoms with Crippen molar-refractivity contribution in [1.82, 2.24) is 30.4 Å². The highest BCUT2D eigenvalue weighted by Crippen LogP contribution is 2.18. The first-order valence-electron chi connectivity index (χ1n) is 11.7. The van der Waals surface area contributed by atoms with Gasteiger partial charge in [-0.3, -0.25) is 4.79 Å². The molecule has 0 aliphatic carbocycles. The molecule has 0 spiro atoms. The number of aromatic nitrogens is 4. The summed E-state index contributed by atoms with van der Waals surface area (Å²) >= 11 is 0. The minimum Gasteiger partial charge on any atom is -0.352 e. The van der Waals surface area contributed by atoms with Gasteiger partial charge in [0.05, 0.1) is 6.54 Å². The maximum Gasteiger partial charge on any atom is 0.223 e. The number of tetrazole rings is 1. The molecule has 0 bridgehead atoms. The number of likely N-dealkylation sites (tertiary alicyclic amines) is 1. The van der Waals surface area contributed by atoms with Gasteiger partial charge in [0, 0.05) is 18.0 Å². The SMILES string of the molecule is O=C(NCc1ccc(F)cc1)C1CCN(CCCCCn2nnc(-c3ccccc3)n2)CC1. The summed E-state index contributed by atoms with van der Waals surface area (Å²) in [5, 5.41) is 15.7. The van der Waals surface area contributed by atoms with Crippen LogP contribution < -0.4 is 5.32 Å². The molecule has 174 valence electrons. The van der Waals surface area contributed by atoms with E-state index >= 15 is 0 Å². The Morgan fingerprint density at radius 1 is 0.970 bits per heavy atom. The Morgan fingerprint density at radius 2 is 1.70 bits per heavy atom. The number of hydrogen-bond donors (Lipinski definition) is 1. The lowest BCUT2D eigenvalue weighted by atomic mass is 9.95. The van der Waals surface area contributed by atoms with Crippen molar-refractivity contribution in [3.63, 3.8) is 0 Å². The summed E-state index contributed by atoms with van der Waals surface area (Å²) in [4.78, 5) is 16.6. The van der Waals surface area contributed by atoms with Crippen LogP contribution in [0, 0.1) is 11.7 Å². The number of halogens is 1. The third kappa shape index (κ3) is 6.92. The fraction of sp³-hybridized carbons (Fsp3) is 0.440. The van der Waals surface area contributed by atoms with Crippen LogP contribution in [0.3, 0.4) is 0 Å². The Labute approximate surface area is 194 Å². The van der Waals surface area contributed by atoms with E-state index in [-0.39, 0.29) is 17.6 Å². The van der Waals surface area contributed by atoms with Gasteiger partial charge >= 0.3 is 0 Å². The molecule has 1 aliphatic heterocycles. The van der Waals surface area contributed by atoms with Crippen LogP contribution in [0.2, 0.25) is 0 Å². The smallest absolute Gasteiger partial charge is 0.223 e. The van der Waals surface area contributed by atoms with Gasteiger partial charge in [-0.25, -0.2) is 4.39 Å². The molecule has 1 saturated heterocycles. The third-order valence-corrected chi connectivity index (χ3v) is 6.16. The average Bonchev–Trinajstić information content (AvgIpc) is 3.33. The fourth-order valence-corrected chi connectivity index (χ4v) is 4.16. The van der Waals surface area contributed by atoms with Crippen molar-refractivity contribution in [2.45, 2.75) is 45.2 Å². The van der Waals surface area contributed by atoms with Gasteiger partial charge in [0.25, 0.3) is 0 Å². The highest BCUT2D eigenvalue weighted by atomic mass is 19.1. The lowest BCUT2D eigenvalue weighted by molar-refractivity contribution is -0.126. The van der Waals surface area contributed by atoms with Gasteiger partial charge in [-0.1, -0.05) is 48.9 Å². The topological polar surface area (TPSA) is 75.9 Å². The summed E-state index contributed by atoms with van der Waals surface area (Å²) in [6, 6.07) is 16.1. The second-order valence-corrected chi connectivity index (χ2v) is 8.60. The normalized spacial score (nSPS) is 14.9. The molecular weight excluding hydrogens is 419 g/mol. The zero-order valence-electron chi connectivity index (χ0n) is 18.9. The Bertz CT molecular complexity index is 999. The van der Waals surface area contributed by atoms with Crippen LogP contribution in [0.4, 0.5) is 4.39 Å². The van der Waals surface area contributed by atoms with Gasteiger partial charge in [-0.2, -0.15) is 4.80 Å². The van der Waals surface area contributed by atoms with E-state index in [4.69, 9.17) is 0 Å². The lowest BCUT2D eigenvalue weighted by Crippen LogP contribution is -2.40. The van der Waals surface area contributed by atoms with Crippen molar-refractivity contribution >= 4 is 5.91 Å². The standard InChI is InChI=1S/C25H31FN6O/c26-23-11-9-20(10-12-23)19-27-25(33)22-13-17-31(18-14-22)15-5-2-6-16-32-29-24(28-30-32)21-7-3-1-4-8-21/h1,3-4,7-12,22H,2,5-6,13-19H2,(H,27,33). The number of nitrogens with zero attached hydrogens (tertiary/aromatic N) is 5. The zero-order chi connectivity index (χ0) is 22.9. The van der Waals surface area contributed by atoms with Crippen LogP contribution in [-0.4, -0.2) is 50.6 Å². The van der Waals surface area contributed by atoms with Crippen LogP contribution in [0.5, 0.6) is 0 Å². The highest BCUT2D eigenvalue weighted by Gasteiger charge is 2.24. The molecule has 1 amide bonds. The molecule has 0 radical (unpaired) electrons. The monoisotopic (exact) mass is 450 g/mol. The molecule has 7 nitrogen and oxygen atoms in total. The van der Waals surface area contributed by atoms with Crippen molar-refractivity contribution in [3.05, 3.63) is 66.0 Å². The number of amides is 1. The lowest BCUT2D eigenvalue weighted by Gasteiger charge is -2.31. The molecule has 0 unspecified atom stereocenters. The van der Waals surface area contributed by atoms with Gasteiger partial charge in [-0.15, -0.1) is 10.2 Å². The van der Waals surface area contributed by atoms with Crippen molar-refractivity contribution in [1.29, 1.82) is 0 Å². The number of unbranched alkanes of at least 4 members (excludes halogenated alkanes) is 2. The maximum absolute atomic E-state index is 13.0. The number of aryl methyl sites for hydroxylation is 1. The number of hydrogen-bond acceptors (Lipinski definition) is 5. The Balaban J connectivity index is 1.08. The third-order valence-electron chi connectivity index (χ3n) is 6.16. The van der Waals surface area contributed by atoms with Crippen LogP contribution in [0.1, 0.15) is 37.7 Å². The summed E-state index contributed by atoms with van der Waals surface area (Å²) in [5.41, 5.74) is 1.90. The van der Waals surface area contributed by atoms with E-state index in [1.807, 2.05) is 30.3 Å². The molecule has 1 aliphatic rings. The molecule has 8 heteroatoms. The predicted octanol–water partition coefficient (Wildman–Crippen LogP) is 3.68. The average molecular weight is 451 g/mol. The van der Waals surface area contributed by atoms with Gasteiger partial charge < -0.3 is 10.2 Å². The van der Waals surface area contributed by atoms with Gasteiger partial charge in [0.15, 0.2) is 0 Å². The van der Waals surface area contributed by atoms with E-state index in [9.17, 15) is 9.18 Å². The van der Waals surface area contributed by atoms with Crippen molar-refractivity contribution in [3.8, 4) is 11.4 Å². The second-order valence-electron chi connectivity index (χ2n) is 8.60. The van der Waals surface area contributed by atoms with Crippen molar-refractivity contribution in [2.24, 2.45) is 5.92 Å². The van der Waals surface area contributed by atoms with Gasteiger partial charge in [0.2, 0.25) is 11.7 Å². The van der Waals surface area contributed by atoms with Crippen LogP contribution in [0.15, 0.2) is 54.6 Å². The predicted molar refractivity (Wildman–Crippen MR) is 125 cm³/mol. The summed E-state index contributed by atoms with van der Waals surface area (Å²) in [7, 11) is 0. The first-order chi connectivity index (χ1) is 16.2. The molecule has 2 aromatic carbocycles. The summed E-state index contributed by atoms with van der Waals surface area (Å²) in [5.74, 6) is 0.581. The molecule has 4 rings (SSSR count). The number of nitrogens with one attached hydrogen (secondary N) is 1. The molecule has 1 fully saturated rings. The number of piperidine rings is 1. The van der Waals surface area contributed by atoms with E-state index in [1.165, 1.54) is 12.1 Å². The van der Waals surface area contributed by atoms with E-state index in [2.05, 4.69) is 25.6 Å². The number of carbonyl (C=O) groups excluding carboxylic acids is 1. The summed E-state index contributed by atoms with van der Waals surface area (Å²) in [6.07, 6.45) is 5.04. The fourth-order valence-electron chi connectivity index (χ4n) is 4.16. The van der Waals surface area contributed by atoms with Crippen molar-refractivity contribution in [2.75, 3.05) is 19.6 Å². The largest absolute Gasteiger partial charge is 0.352 e. The van der Waals surface area contributed by atoms with E-state index in [0.717, 1.165) is 69.4 Å². The first kappa shape index (κ1) is 23.0. The van der Waals surface area contributed by atoms with Crippen LogP contribution in [-0.2, 0) is 17.9 Å². The molecular formula is C25H31FN6O.